The zero-order valence-electron chi connectivity index (χ0n) is 10.8. The maximum absolute atomic E-state index is 11.1. The molecule has 0 saturated carbocycles. The van der Waals surface area contributed by atoms with Crippen LogP contribution in [0.3, 0.4) is 0 Å². The van der Waals surface area contributed by atoms with Crippen LogP contribution in [0.5, 0.6) is 0 Å². The van der Waals surface area contributed by atoms with Gasteiger partial charge in [0.15, 0.2) is 11.5 Å². The van der Waals surface area contributed by atoms with Crippen molar-refractivity contribution in [3.8, 4) is 11.4 Å². The lowest BCUT2D eigenvalue weighted by molar-refractivity contribution is 0.0690. The highest BCUT2D eigenvalue weighted by Gasteiger charge is 2.12. The number of aromatic carboxylic acids is 1. The van der Waals surface area contributed by atoms with Gasteiger partial charge in [0, 0.05) is 18.2 Å². The minimum atomic E-state index is -1.06. The molecule has 98 valence electrons. The average Bonchev–Trinajstić information content (AvgIpc) is 2.39. The maximum atomic E-state index is 11.1. The van der Waals surface area contributed by atoms with E-state index in [2.05, 4.69) is 15.3 Å². The number of nitrogens with one attached hydrogen (secondary N) is 1. The third-order valence-corrected chi connectivity index (χ3v) is 2.69. The van der Waals surface area contributed by atoms with Crippen LogP contribution in [0.1, 0.15) is 23.0 Å². The summed E-state index contributed by atoms with van der Waals surface area (Å²) in [6.45, 7) is 4.54. The average molecular weight is 257 g/mol. The van der Waals surface area contributed by atoms with E-state index in [9.17, 15) is 4.79 Å². The molecule has 19 heavy (non-hydrogen) atoms. The van der Waals surface area contributed by atoms with E-state index < -0.39 is 5.97 Å². The Balaban J connectivity index is 2.56. The molecule has 1 aromatic heterocycles. The summed E-state index contributed by atoms with van der Waals surface area (Å²) < 4.78 is 0. The molecule has 1 heterocycles. The third kappa shape index (κ3) is 2.88. The quantitative estimate of drug-likeness (QED) is 0.880. The van der Waals surface area contributed by atoms with Gasteiger partial charge in [-0.05, 0) is 19.4 Å². The first kappa shape index (κ1) is 13.0. The predicted octanol–water partition coefficient (Wildman–Crippen LogP) is 2.58. The summed E-state index contributed by atoms with van der Waals surface area (Å²) in [5, 5.41) is 12.1. The SMILES string of the molecule is CCNc1cc(C(=O)O)nc(-c2ccccc2C)n1. The summed E-state index contributed by atoms with van der Waals surface area (Å²) in [4.78, 5) is 19.6. The molecular formula is C14H15N3O2. The maximum Gasteiger partial charge on any atom is 0.354 e. The van der Waals surface area contributed by atoms with E-state index in [1.807, 2.05) is 38.1 Å². The molecule has 0 saturated heterocycles. The second-order valence-electron chi connectivity index (χ2n) is 4.11. The van der Waals surface area contributed by atoms with Gasteiger partial charge in [-0.25, -0.2) is 14.8 Å². The monoisotopic (exact) mass is 257 g/mol. The van der Waals surface area contributed by atoms with Gasteiger partial charge in [0.1, 0.15) is 5.82 Å². The molecule has 5 nitrogen and oxygen atoms in total. The summed E-state index contributed by atoms with van der Waals surface area (Å²) in [5.74, 6) is -0.113. The number of rotatable bonds is 4. The Kier molecular flexibility index (Phi) is 3.75. The highest BCUT2D eigenvalue weighted by atomic mass is 16.4. The molecule has 0 radical (unpaired) electrons. The molecule has 0 fully saturated rings. The van der Waals surface area contributed by atoms with Crippen molar-refractivity contribution in [2.24, 2.45) is 0 Å². The second-order valence-corrected chi connectivity index (χ2v) is 4.11. The number of carbonyl (C=O) groups is 1. The van der Waals surface area contributed by atoms with Crippen molar-refractivity contribution < 1.29 is 9.90 Å². The third-order valence-electron chi connectivity index (χ3n) is 2.69. The number of nitrogens with zero attached hydrogens (tertiary/aromatic N) is 2. The van der Waals surface area contributed by atoms with Crippen LogP contribution in [0.15, 0.2) is 30.3 Å². The van der Waals surface area contributed by atoms with Crippen LogP contribution in [0.4, 0.5) is 5.82 Å². The highest BCUT2D eigenvalue weighted by Crippen LogP contribution is 2.21. The summed E-state index contributed by atoms with van der Waals surface area (Å²) in [7, 11) is 0. The van der Waals surface area contributed by atoms with Crippen molar-refractivity contribution in [3.05, 3.63) is 41.6 Å². The molecule has 2 N–H and O–H groups in total. The van der Waals surface area contributed by atoms with Gasteiger partial charge in [0.05, 0.1) is 0 Å². The molecule has 0 aliphatic carbocycles. The molecule has 0 aliphatic heterocycles. The van der Waals surface area contributed by atoms with Crippen LogP contribution < -0.4 is 5.32 Å². The number of carboxylic acid groups (broad SMARTS) is 1. The lowest BCUT2D eigenvalue weighted by Gasteiger charge is -2.08. The summed E-state index contributed by atoms with van der Waals surface area (Å²) in [6, 6.07) is 9.07. The van der Waals surface area contributed by atoms with E-state index in [-0.39, 0.29) is 5.69 Å². The van der Waals surface area contributed by atoms with Gasteiger partial charge in [0.25, 0.3) is 0 Å². The first-order chi connectivity index (χ1) is 9.11. The Morgan fingerprint density at radius 2 is 2.05 bits per heavy atom. The number of benzene rings is 1. The fourth-order valence-electron chi connectivity index (χ4n) is 1.77. The summed E-state index contributed by atoms with van der Waals surface area (Å²) in [6.07, 6.45) is 0. The van der Waals surface area contributed by atoms with E-state index in [0.29, 0.717) is 18.2 Å². The Morgan fingerprint density at radius 3 is 2.68 bits per heavy atom. The van der Waals surface area contributed by atoms with Gasteiger partial charge in [0.2, 0.25) is 0 Å². The van der Waals surface area contributed by atoms with Gasteiger partial charge in [-0.3, -0.25) is 0 Å². The van der Waals surface area contributed by atoms with Crippen molar-refractivity contribution in [2.45, 2.75) is 13.8 Å². The van der Waals surface area contributed by atoms with Crippen LogP contribution in [0.2, 0.25) is 0 Å². The number of hydrogen-bond donors (Lipinski definition) is 2. The second kappa shape index (κ2) is 5.48. The largest absolute Gasteiger partial charge is 0.477 e. The number of anilines is 1. The fraction of sp³-hybridized carbons (Fsp3) is 0.214. The van der Waals surface area contributed by atoms with Gasteiger partial charge in [-0.15, -0.1) is 0 Å². The molecule has 2 rings (SSSR count). The number of aromatic nitrogens is 2. The normalized spacial score (nSPS) is 10.2. The van der Waals surface area contributed by atoms with Crippen molar-refractivity contribution in [3.63, 3.8) is 0 Å². The van der Waals surface area contributed by atoms with E-state index >= 15 is 0 Å². The van der Waals surface area contributed by atoms with E-state index in [1.165, 1.54) is 6.07 Å². The first-order valence-electron chi connectivity index (χ1n) is 6.04. The Hall–Kier alpha value is -2.43. The zero-order chi connectivity index (χ0) is 13.8. The minimum Gasteiger partial charge on any atom is -0.477 e. The van der Waals surface area contributed by atoms with Crippen molar-refractivity contribution in [1.29, 1.82) is 0 Å². The van der Waals surface area contributed by atoms with E-state index in [0.717, 1.165) is 11.1 Å². The van der Waals surface area contributed by atoms with Gasteiger partial charge < -0.3 is 10.4 Å². The van der Waals surface area contributed by atoms with Gasteiger partial charge in [-0.1, -0.05) is 24.3 Å². The predicted molar refractivity (Wildman–Crippen MR) is 73.3 cm³/mol. The Labute approximate surface area is 111 Å². The molecule has 0 spiro atoms. The standard InChI is InChI=1S/C14H15N3O2/c1-3-15-12-8-11(14(18)19)16-13(17-12)10-7-5-4-6-9(10)2/h4-8H,3H2,1-2H3,(H,18,19)(H,15,16,17). The number of aryl methyl sites for hydroxylation is 1. The summed E-state index contributed by atoms with van der Waals surface area (Å²) >= 11 is 0. The zero-order valence-corrected chi connectivity index (χ0v) is 10.8. The molecular weight excluding hydrogens is 242 g/mol. The molecule has 0 amide bonds. The van der Waals surface area contributed by atoms with Crippen LogP contribution in [0.25, 0.3) is 11.4 Å². The molecule has 0 atom stereocenters. The minimum absolute atomic E-state index is 0.01000. The van der Waals surface area contributed by atoms with Crippen molar-refractivity contribution in [2.75, 3.05) is 11.9 Å². The molecule has 0 aliphatic rings. The Bertz CT molecular complexity index is 611. The van der Waals surface area contributed by atoms with Crippen LogP contribution >= 0.6 is 0 Å². The first-order valence-corrected chi connectivity index (χ1v) is 6.04. The lowest BCUT2D eigenvalue weighted by Crippen LogP contribution is -2.08. The molecule has 0 bridgehead atoms. The van der Waals surface area contributed by atoms with Crippen molar-refractivity contribution >= 4 is 11.8 Å². The molecule has 0 unspecified atom stereocenters. The number of carboxylic acids is 1. The van der Waals surface area contributed by atoms with E-state index in [4.69, 9.17) is 5.11 Å². The smallest absolute Gasteiger partial charge is 0.354 e. The Morgan fingerprint density at radius 1 is 1.32 bits per heavy atom. The number of hydrogen-bond acceptors (Lipinski definition) is 4. The van der Waals surface area contributed by atoms with Crippen LogP contribution in [0, 0.1) is 6.92 Å². The van der Waals surface area contributed by atoms with Gasteiger partial charge in [-0.2, -0.15) is 0 Å². The summed E-state index contributed by atoms with van der Waals surface area (Å²) in [5.41, 5.74) is 1.83. The highest BCUT2D eigenvalue weighted by molar-refractivity contribution is 5.87. The molecule has 1 aromatic carbocycles. The van der Waals surface area contributed by atoms with Gasteiger partial charge >= 0.3 is 5.97 Å². The van der Waals surface area contributed by atoms with Crippen molar-refractivity contribution in [1.82, 2.24) is 9.97 Å². The van der Waals surface area contributed by atoms with E-state index in [1.54, 1.807) is 0 Å². The lowest BCUT2D eigenvalue weighted by atomic mass is 10.1. The topological polar surface area (TPSA) is 75.1 Å². The van der Waals surface area contributed by atoms with Crippen LogP contribution in [-0.4, -0.2) is 27.6 Å². The van der Waals surface area contributed by atoms with Crippen LogP contribution in [-0.2, 0) is 0 Å². The molecule has 2 aromatic rings. The molecule has 5 heteroatoms. The fourth-order valence-corrected chi connectivity index (χ4v) is 1.77.